The second kappa shape index (κ2) is 7.15. The highest BCUT2D eigenvalue weighted by atomic mass is 19.1. The summed E-state index contributed by atoms with van der Waals surface area (Å²) in [6.45, 7) is 5.22. The third-order valence-corrected chi connectivity index (χ3v) is 4.66. The Morgan fingerprint density at radius 3 is 2.20 bits per heavy atom. The molecule has 5 heteroatoms. The molecule has 0 saturated carbocycles. The van der Waals surface area contributed by atoms with Gasteiger partial charge in [-0.25, -0.2) is 4.39 Å². The number of likely N-dealkylation sites (N-methyl/N-ethyl adjacent to an activating group) is 1. The van der Waals surface area contributed by atoms with E-state index in [2.05, 4.69) is 11.9 Å². The standard InChI is InChI=1S/C20H23FN4/c1-14-7-8-17(18(21)13-14)19(22)15-5-3-4-6-16(15)20(23)25-11-9-24(2)10-12-25/h3-8,13,22-23H,9-12H2,1-2H3. The van der Waals surface area contributed by atoms with Crippen molar-refractivity contribution in [1.82, 2.24) is 9.80 Å². The number of aryl methyl sites for hydroxylation is 1. The number of halogens is 1. The molecule has 1 aliphatic rings. The Labute approximate surface area is 147 Å². The third kappa shape index (κ3) is 3.61. The van der Waals surface area contributed by atoms with Gasteiger partial charge in [-0.3, -0.25) is 10.8 Å². The first-order valence-corrected chi connectivity index (χ1v) is 8.44. The van der Waals surface area contributed by atoms with E-state index in [9.17, 15) is 4.39 Å². The molecule has 1 aliphatic heterocycles. The number of rotatable bonds is 3. The smallest absolute Gasteiger partial charge is 0.132 e. The monoisotopic (exact) mass is 338 g/mol. The number of hydrogen-bond acceptors (Lipinski definition) is 3. The average molecular weight is 338 g/mol. The van der Waals surface area contributed by atoms with Crippen molar-refractivity contribution in [3.63, 3.8) is 0 Å². The lowest BCUT2D eigenvalue weighted by Gasteiger charge is -2.34. The molecule has 0 bridgehead atoms. The number of piperazine rings is 1. The molecule has 130 valence electrons. The molecule has 0 atom stereocenters. The normalized spacial score (nSPS) is 15.2. The Bertz CT molecular complexity index is 807. The summed E-state index contributed by atoms with van der Waals surface area (Å²) in [7, 11) is 2.07. The highest BCUT2D eigenvalue weighted by molar-refractivity contribution is 6.17. The van der Waals surface area contributed by atoms with Gasteiger partial charge in [-0.15, -0.1) is 0 Å². The number of nitrogens with zero attached hydrogens (tertiary/aromatic N) is 2. The van der Waals surface area contributed by atoms with Crippen LogP contribution in [0.5, 0.6) is 0 Å². The van der Waals surface area contributed by atoms with E-state index in [1.165, 1.54) is 6.07 Å². The predicted molar refractivity (Wildman–Crippen MR) is 99.4 cm³/mol. The molecule has 0 radical (unpaired) electrons. The lowest BCUT2D eigenvalue weighted by atomic mass is 9.95. The average Bonchev–Trinajstić information content (AvgIpc) is 2.61. The zero-order chi connectivity index (χ0) is 18.0. The number of nitrogens with one attached hydrogen (secondary N) is 2. The van der Waals surface area contributed by atoms with Crippen molar-refractivity contribution in [2.75, 3.05) is 33.2 Å². The Morgan fingerprint density at radius 1 is 0.920 bits per heavy atom. The van der Waals surface area contributed by atoms with Crippen LogP contribution in [0.1, 0.15) is 22.3 Å². The van der Waals surface area contributed by atoms with Crippen LogP contribution in [-0.2, 0) is 0 Å². The molecule has 2 aromatic carbocycles. The number of amidine groups is 1. The van der Waals surface area contributed by atoms with Gasteiger partial charge in [0.05, 0.1) is 5.71 Å². The van der Waals surface area contributed by atoms with Crippen LogP contribution < -0.4 is 0 Å². The first kappa shape index (κ1) is 17.3. The van der Waals surface area contributed by atoms with E-state index in [4.69, 9.17) is 10.8 Å². The van der Waals surface area contributed by atoms with E-state index in [1.54, 1.807) is 18.2 Å². The van der Waals surface area contributed by atoms with Crippen molar-refractivity contribution in [2.45, 2.75) is 6.92 Å². The third-order valence-electron chi connectivity index (χ3n) is 4.66. The molecule has 2 aromatic rings. The summed E-state index contributed by atoms with van der Waals surface area (Å²) in [5, 5.41) is 17.1. The lowest BCUT2D eigenvalue weighted by molar-refractivity contribution is 0.215. The minimum atomic E-state index is -0.397. The molecule has 25 heavy (non-hydrogen) atoms. The Hall–Kier alpha value is -2.53. The highest BCUT2D eigenvalue weighted by Crippen LogP contribution is 2.20. The van der Waals surface area contributed by atoms with Crippen LogP contribution in [0.15, 0.2) is 42.5 Å². The van der Waals surface area contributed by atoms with Crippen molar-refractivity contribution in [3.05, 3.63) is 70.5 Å². The van der Waals surface area contributed by atoms with E-state index in [-0.39, 0.29) is 11.3 Å². The van der Waals surface area contributed by atoms with Crippen LogP contribution in [0.3, 0.4) is 0 Å². The van der Waals surface area contributed by atoms with Gasteiger partial charge in [0.2, 0.25) is 0 Å². The highest BCUT2D eigenvalue weighted by Gasteiger charge is 2.21. The molecule has 3 rings (SSSR count). The topological polar surface area (TPSA) is 54.2 Å². The van der Waals surface area contributed by atoms with E-state index >= 15 is 0 Å². The number of hydrogen-bond donors (Lipinski definition) is 2. The van der Waals surface area contributed by atoms with Crippen molar-refractivity contribution >= 4 is 11.5 Å². The van der Waals surface area contributed by atoms with Crippen LogP contribution in [-0.4, -0.2) is 54.6 Å². The molecule has 1 saturated heterocycles. The maximum atomic E-state index is 14.3. The van der Waals surface area contributed by atoms with Gasteiger partial charge in [-0.2, -0.15) is 0 Å². The second-order valence-corrected chi connectivity index (χ2v) is 6.54. The van der Waals surface area contributed by atoms with Gasteiger partial charge >= 0.3 is 0 Å². The zero-order valence-electron chi connectivity index (χ0n) is 14.6. The Balaban J connectivity index is 1.93. The molecule has 2 N–H and O–H groups in total. The molecule has 1 heterocycles. The van der Waals surface area contributed by atoms with Crippen molar-refractivity contribution in [1.29, 1.82) is 10.8 Å². The molecule has 1 fully saturated rings. The van der Waals surface area contributed by atoms with Gasteiger partial charge in [0.25, 0.3) is 0 Å². The summed E-state index contributed by atoms with van der Waals surface area (Å²) in [6, 6.07) is 12.2. The summed E-state index contributed by atoms with van der Waals surface area (Å²) >= 11 is 0. The van der Waals surface area contributed by atoms with Crippen LogP contribution in [0.4, 0.5) is 4.39 Å². The van der Waals surface area contributed by atoms with Gasteiger partial charge in [-0.05, 0) is 31.7 Å². The molecule has 4 nitrogen and oxygen atoms in total. The zero-order valence-corrected chi connectivity index (χ0v) is 14.6. The Kier molecular flexibility index (Phi) is 4.95. The van der Waals surface area contributed by atoms with Crippen molar-refractivity contribution < 1.29 is 4.39 Å². The summed E-state index contributed by atoms with van der Waals surface area (Å²) in [5.74, 6) is 0.00639. The van der Waals surface area contributed by atoms with Crippen LogP contribution in [0.25, 0.3) is 0 Å². The van der Waals surface area contributed by atoms with Gasteiger partial charge in [-0.1, -0.05) is 30.3 Å². The molecular formula is C20H23FN4. The quantitative estimate of drug-likeness (QED) is 0.667. The van der Waals surface area contributed by atoms with Crippen LogP contribution in [0, 0.1) is 23.6 Å². The van der Waals surface area contributed by atoms with Gasteiger partial charge in [0, 0.05) is 42.9 Å². The van der Waals surface area contributed by atoms with Gasteiger partial charge in [0.15, 0.2) is 0 Å². The van der Waals surface area contributed by atoms with Crippen molar-refractivity contribution in [2.24, 2.45) is 0 Å². The Morgan fingerprint density at radius 2 is 1.56 bits per heavy atom. The first-order chi connectivity index (χ1) is 12.0. The van der Waals surface area contributed by atoms with Crippen LogP contribution in [0.2, 0.25) is 0 Å². The maximum Gasteiger partial charge on any atom is 0.132 e. The largest absolute Gasteiger partial charge is 0.354 e. The van der Waals surface area contributed by atoms with Gasteiger partial charge in [0.1, 0.15) is 11.7 Å². The van der Waals surface area contributed by atoms with E-state index in [1.807, 2.05) is 30.0 Å². The summed E-state index contributed by atoms with van der Waals surface area (Å²) in [5.41, 5.74) is 2.48. The van der Waals surface area contributed by atoms with E-state index < -0.39 is 5.82 Å². The first-order valence-electron chi connectivity index (χ1n) is 8.44. The molecule has 0 amide bonds. The fraction of sp³-hybridized carbons (Fsp3) is 0.300. The summed E-state index contributed by atoms with van der Waals surface area (Å²) < 4.78 is 14.3. The summed E-state index contributed by atoms with van der Waals surface area (Å²) in [4.78, 5) is 4.26. The van der Waals surface area contributed by atoms with Crippen molar-refractivity contribution in [3.8, 4) is 0 Å². The van der Waals surface area contributed by atoms with E-state index in [0.29, 0.717) is 17.0 Å². The molecule has 0 aromatic heterocycles. The molecule has 0 unspecified atom stereocenters. The molecule has 0 spiro atoms. The van der Waals surface area contributed by atoms with Crippen LogP contribution >= 0.6 is 0 Å². The summed E-state index contributed by atoms with van der Waals surface area (Å²) in [6.07, 6.45) is 0. The molecule has 0 aliphatic carbocycles. The maximum absolute atomic E-state index is 14.3. The fourth-order valence-corrected chi connectivity index (χ4v) is 3.08. The minimum absolute atomic E-state index is 0.118. The fourth-order valence-electron chi connectivity index (χ4n) is 3.08. The van der Waals surface area contributed by atoms with Gasteiger partial charge < -0.3 is 9.80 Å². The SMILES string of the molecule is Cc1ccc(C(=N)c2ccccc2C(=N)N2CCN(C)CC2)c(F)c1. The predicted octanol–water partition coefficient (Wildman–Crippen LogP) is 3.12. The minimum Gasteiger partial charge on any atom is -0.354 e. The molecular weight excluding hydrogens is 315 g/mol. The van der Waals surface area contributed by atoms with E-state index in [0.717, 1.165) is 31.7 Å². The lowest BCUT2D eigenvalue weighted by Crippen LogP contribution is -2.47. The number of benzene rings is 2. The second-order valence-electron chi connectivity index (χ2n) is 6.54.